The van der Waals surface area contributed by atoms with Gasteiger partial charge in [0.2, 0.25) is 0 Å². The first-order valence-electron chi connectivity index (χ1n) is 4.01. The first-order valence-corrected chi connectivity index (χ1v) is 5.16. The van der Waals surface area contributed by atoms with Gasteiger partial charge in [-0.05, 0) is 0 Å². The molecule has 0 amide bonds. The minimum atomic E-state index is -0.975. The molecule has 3 N–H and O–H groups in total. The van der Waals surface area contributed by atoms with E-state index in [9.17, 15) is 4.79 Å². The molecule has 1 aromatic rings. The van der Waals surface area contributed by atoms with Crippen LogP contribution < -0.4 is 5.73 Å². The number of thioether (sulfide) groups is 1. The Morgan fingerprint density at radius 3 is 3.07 bits per heavy atom. The predicted molar refractivity (Wildman–Crippen MR) is 52.8 cm³/mol. The maximum absolute atomic E-state index is 10.4. The van der Waals surface area contributed by atoms with Crippen LogP contribution in [0.1, 0.15) is 5.69 Å². The largest absolute Gasteiger partial charge is 0.480 e. The normalized spacial score (nSPS) is 12.7. The second-order valence-electron chi connectivity index (χ2n) is 2.84. The van der Waals surface area contributed by atoms with E-state index >= 15 is 0 Å². The Bertz CT molecular complexity index is 314. The van der Waals surface area contributed by atoms with Crippen molar-refractivity contribution < 1.29 is 9.90 Å². The van der Waals surface area contributed by atoms with Gasteiger partial charge < -0.3 is 10.8 Å². The monoisotopic (exact) mass is 216 g/mol. The quantitative estimate of drug-likeness (QED) is 0.686. The topological polar surface area (TPSA) is 94.0 Å². The molecule has 78 valence electrons. The molecule has 0 radical (unpaired) electrons. The van der Waals surface area contributed by atoms with Crippen molar-refractivity contribution in [1.29, 1.82) is 0 Å². The van der Waals surface area contributed by atoms with Gasteiger partial charge in [0, 0.05) is 24.8 Å². The smallest absolute Gasteiger partial charge is 0.321 e. The van der Waals surface area contributed by atoms with E-state index in [0.29, 0.717) is 11.5 Å². The number of rotatable bonds is 5. The van der Waals surface area contributed by atoms with Crippen LogP contribution in [0.4, 0.5) is 0 Å². The van der Waals surface area contributed by atoms with Crippen LogP contribution in [0, 0.1) is 0 Å². The Hall–Kier alpha value is -1.08. The van der Waals surface area contributed by atoms with Gasteiger partial charge in [-0.15, -0.1) is 5.10 Å². The lowest BCUT2D eigenvalue weighted by Gasteiger charge is -2.03. The van der Waals surface area contributed by atoms with E-state index in [1.54, 1.807) is 17.9 Å². The van der Waals surface area contributed by atoms with Crippen LogP contribution in [0.25, 0.3) is 0 Å². The lowest BCUT2D eigenvalue weighted by molar-refractivity contribution is -0.137. The SMILES string of the molecule is Cn1cc(CSC[C@H](N)C(=O)O)nn1. The van der Waals surface area contributed by atoms with Crippen molar-refractivity contribution in [3.8, 4) is 0 Å². The zero-order valence-corrected chi connectivity index (χ0v) is 8.57. The van der Waals surface area contributed by atoms with Gasteiger partial charge in [-0.2, -0.15) is 11.8 Å². The molecule has 0 aliphatic rings. The molecule has 0 aliphatic carbocycles. The van der Waals surface area contributed by atoms with Crippen molar-refractivity contribution in [2.75, 3.05) is 5.75 Å². The molecule has 1 atom stereocenters. The summed E-state index contributed by atoms with van der Waals surface area (Å²) in [6.07, 6.45) is 1.79. The van der Waals surface area contributed by atoms with Crippen LogP contribution >= 0.6 is 11.8 Å². The van der Waals surface area contributed by atoms with Crippen molar-refractivity contribution >= 4 is 17.7 Å². The van der Waals surface area contributed by atoms with Gasteiger partial charge in [0.1, 0.15) is 6.04 Å². The molecule has 14 heavy (non-hydrogen) atoms. The lowest BCUT2D eigenvalue weighted by atomic mass is 10.4. The van der Waals surface area contributed by atoms with Gasteiger partial charge in [0.05, 0.1) is 5.69 Å². The number of nitrogens with zero attached hydrogens (tertiary/aromatic N) is 3. The Morgan fingerprint density at radius 2 is 2.57 bits per heavy atom. The molecule has 0 saturated heterocycles. The van der Waals surface area contributed by atoms with Crippen LogP contribution in [-0.4, -0.2) is 37.9 Å². The minimum Gasteiger partial charge on any atom is -0.480 e. The number of carboxylic acids is 1. The number of hydrogen-bond acceptors (Lipinski definition) is 5. The van der Waals surface area contributed by atoms with Crippen molar-refractivity contribution in [2.45, 2.75) is 11.8 Å². The summed E-state index contributed by atoms with van der Waals surface area (Å²) < 4.78 is 1.60. The molecule has 1 rings (SSSR count). The molecule has 0 saturated carbocycles. The van der Waals surface area contributed by atoms with Crippen LogP contribution in [0.2, 0.25) is 0 Å². The van der Waals surface area contributed by atoms with Crippen molar-refractivity contribution in [1.82, 2.24) is 15.0 Å². The number of aromatic nitrogens is 3. The summed E-state index contributed by atoms with van der Waals surface area (Å²) in [5, 5.41) is 16.1. The van der Waals surface area contributed by atoms with Gasteiger partial charge in [-0.3, -0.25) is 9.48 Å². The lowest BCUT2D eigenvalue weighted by Crippen LogP contribution is -2.32. The van der Waals surface area contributed by atoms with E-state index < -0.39 is 12.0 Å². The summed E-state index contributed by atoms with van der Waals surface area (Å²) >= 11 is 1.43. The number of carboxylic acid groups (broad SMARTS) is 1. The Labute approximate surface area is 85.5 Å². The second kappa shape index (κ2) is 4.97. The molecule has 1 heterocycles. The van der Waals surface area contributed by atoms with Crippen molar-refractivity contribution in [2.24, 2.45) is 12.8 Å². The number of aliphatic carboxylic acids is 1. The van der Waals surface area contributed by atoms with Gasteiger partial charge in [-0.1, -0.05) is 5.21 Å². The highest BCUT2D eigenvalue weighted by atomic mass is 32.2. The molecule has 6 nitrogen and oxygen atoms in total. The molecular formula is C7H12N4O2S. The van der Waals surface area contributed by atoms with Gasteiger partial charge in [0.25, 0.3) is 0 Å². The molecular weight excluding hydrogens is 204 g/mol. The Balaban J connectivity index is 2.25. The van der Waals surface area contributed by atoms with E-state index in [2.05, 4.69) is 10.3 Å². The fraction of sp³-hybridized carbons (Fsp3) is 0.571. The maximum atomic E-state index is 10.4. The third-order valence-electron chi connectivity index (χ3n) is 1.51. The number of aryl methyl sites for hydroxylation is 1. The molecule has 7 heteroatoms. The van der Waals surface area contributed by atoms with Gasteiger partial charge in [-0.25, -0.2) is 0 Å². The maximum Gasteiger partial charge on any atom is 0.321 e. The zero-order chi connectivity index (χ0) is 10.6. The third-order valence-corrected chi connectivity index (χ3v) is 2.61. The molecule has 0 unspecified atom stereocenters. The summed E-state index contributed by atoms with van der Waals surface area (Å²) in [7, 11) is 1.78. The summed E-state index contributed by atoms with van der Waals surface area (Å²) in [5.74, 6) is 0.0393. The first-order chi connectivity index (χ1) is 6.59. The van der Waals surface area contributed by atoms with E-state index in [1.807, 2.05) is 0 Å². The second-order valence-corrected chi connectivity index (χ2v) is 3.87. The van der Waals surface area contributed by atoms with E-state index in [0.717, 1.165) is 5.69 Å². The highest BCUT2D eigenvalue weighted by Crippen LogP contribution is 2.09. The van der Waals surface area contributed by atoms with Crippen LogP contribution in [0.5, 0.6) is 0 Å². The van der Waals surface area contributed by atoms with Crippen LogP contribution in [0.15, 0.2) is 6.20 Å². The fourth-order valence-electron chi connectivity index (χ4n) is 0.823. The van der Waals surface area contributed by atoms with Crippen LogP contribution in [-0.2, 0) is 17.6 Å². The predicted octanol–water partition coefficient (Wildman–Crippen LogP) is -0.540. The van der Waals surface area contributed by atoms with E-state index in [-0.39, 0.29) is 0 Å². The number of nitrogens with two attached hydrogens (primary N) is 1. The van der Waals surface area contributed by atoms with E-state index in [4.69, 9.17) is 10.8 Å². The summed E-state index contributed by atoms with van der Waals surface area (Å²) in [6.45, 7) is 0. The number of carbonyl (C=O) groups is 1. The average Bonchev–Trinajstić information content (AvgIpc) is 2.51. The molecule has 0 aliphatic heterocycles. The minimum absolute atomic E-state index is 0.381. The highest BCUT2D eigenvalue weighted by Gasteiger charge is 2.11. The zero-order valence-electron chi connectivity index (χ0n) is 7.75. The Morgan fingerprint density at radius 1 is 1.86 bits per heavy atom. The number of hydrogen-bond donors (Lipinski definition) is 2. The highest BCUT2D eigenvalue weighted by molar-refractivity contribution is 7.98. The van der Waals surface area contributed by atoms with Gasteiger partial charge >= 0.3 is 5.97 Å². The fourth-order valence-corrected chi connectivity index (χ4v) is 1.68. The standard InChI is InChI=1S/C7H12N4O2S/c1-11-2-5(9-10-11)3-14-4-6(8)7(12)13/h2,6H,3-4,8H2,1H3,(H,12,13)/t6-/m0/s1. The third kappa shape index (κ3) is 3.35. The molecule has 0 bridgehead atoms. The van der Waals surface area contributed by atoms with Crippen molar-refractivity contribution in [3.05, 3.63) is 11.9 Å². The Kier molecular flexibility index (Phi) is 3.90. The molecule has 0 spiro atoms. The summed E-state index contributed by atoms with van der Waals surface area (Å²) in [5.41, 5.74) is 6.15. The summed E-state index contributed by atoms with van der Waals surface area (Å²) in [6, 6.07) is -0.809. The average molecular weight is 216 g/mol. The summed E-state index contributed by atoms with van der Waals surface area (Å²) in [4.78, 5) is 10.4. The molecule has 1 aromatic heterocycles. The first kappa shape index (κ1) is 11.0. The molecule has 0 fully saturated rings. The van der Waals surface area contributed by atoms with Gasteiger partial charge in [0.15, 0.2) is 0 Å². The van der Waals surface area contributed by atoms with E-state index in [1.165, 1.54) is 11.8 Å². The van der Waals surface area contributed by atoms with Crippen LogP contribution in [0.3, 0.4) is 0 Å². The van der Waals surface area contributed by atoms with Crippen molar-refractivity contribution in [3.63, 3.8) is 0 Å². The molecule has 0 aromatic carbocycles.